The van der Waals surface area contributed by atoms with Crippen LogP contribution in [0.5, 0.6) is 0 Å². The lowest BCUT2D eigenvalue weighted by molar-refractivity contribution is 0.102. The van der Waals surface area contributed by atoms with Crippen LogP contribution in [0.3, 0.4) is 0 Å². The van der Waals surface area contributed by atoms with Crippen LogP contribution >= 0.6 is 0 Å². The van der Waals surface area contributed by atoms with E-state index in [-0.39, 0.29) is 22.2 Å². The second-order valence-corrected chi connectivity index (χ2v) is 8.53. The Hall–Kier alpha value is -2.25. The van der Waals surface area contributed by atoms with E-state index in [0.29, 0.717) is 6.54 Å². The average molecular weight is 390 g/mol. The van der Waals surface area contributed by atoms with E-state index in [2.05, 4.69) is 5.32 Å². The summed E-state index contributed by atoms with van der Waals surface area (Å²) < 4.78 is 41.4. The molecule has 1 aliphatic rings. The van der Waals surface area contributed by atoms with E-state index in [1.807, 2.05) is 6.92 Å². The Labute approximate surface area is 159 Å². The van der Waals surface area contributed by atoms with Crippen molar-refractivity contribution in [3.8, 4) is 0 Å². The molecule has 1 amide bonds. The van der Waals surface area contributed by atoms with Gasteiger partial charge < -0.3 is 5.32 Å². The molecule has 1 atom stereocenters. The Bertz CT molecular complexity index is 930. The van der Waals surface area contributed by atoms with Gasteiger partial charge in [0.05, 0.1) is 10.6 Å². The summed E-state index contributed by atoms with van der Waals surface area (Å²) in [6.45, 7) is 2.48. The van der Waals surface area contributed by atoms with Crippen LogP contribution in [0.2, 0.25) is 0 Å². The van der Waals surface area contributed by atoms with E-state index in [1.54, 1.807) is 10.4 Å². The van der Waals surface area contributed by atoms with Gasteiger partial charge in [-0.3, -0.25) is 4.79 Å². The zero-order valence-electron chi connectivity index (χ0n) is 15.2. The molecule has 27 heavy (non-hydrogen) atoms. The number of carbonyl (C=O) groups is 1. The molecular weight excluding hydrogens is 367 g/mol. The summed E-state index contributed by atoms with van der Waals surface area (Å²) >= 11 is 0. The van der Waals surface area contributed by atoms with Crippen molar-refractivity contribution in [2.45, 2.75) is 43.5 Å². The van der Waals surface area contributed by atoms with Gasteiger partial charge in [0.25, 0.3) is 5.91 Å². The van der Waals surface area contributed by atoms with Crippen LogP contribution in [0, 0.1) is 5.82 Å². The minimum Gasteiger partial charge on any atom is -0.319 e. The summed E-state index contributed by atoms with van der Waals surface area (Å²) in [6, 6.07) is 11.7. The Morgan fingerprint density at radius 2 is 1.96 bits per heavy atom. The number of anilines is 1. The van der Waals surface area contributed by atoms with Gasteiger partial charge in [-0.2, -0.15) is 4.31 Å². The third-order valence-corrected chi connectivity index (χ3v) is 6.82. The lowest BCUT2D eigenvalue weighted by Crippen LogP contribution is -2.43. The number of amides is 1. The first-order chi connectivity index (χ1) is 12.9. The summed E-state index contributed by atoms with van der Waals surface area (Å²) in [6.07, 6.45) is 3.47. The van der Waals surface area contributed by atoms with Crippen LogP contribution in [0.4, 0.5) is 10.1 Å². The van der Waals surface area contributed by atoms with E-state index >= 15 is 0 Å². The Kier molecular flexibility index (Phi) is 5.92. The first-order valence-corrected chi connectivity index (χ1v) is 10.5. The first-order valence-electron chi connectivity index (χ1n) is 9.11. The summed E-state index contributed by atoms with van der Waals surface area (Å²) in [5.74, 6) is -1.10. The minimum absolute atomic E-state index is 0.0142. The van der Waals surface area contributed by atoms with Gasteiger partial charge in [-0.05, 0) is 49.6 Å². The number of hydrogen-bond acceptors (Lipinski definition) is 3. The molecule has 3 rings (SSSR count). The maximum Gasteiger partial charge on any atom is 0.255 e. The van der Waals surface area contributed by atoms with E-state index in [0.717, 1.165) is 25.7 Å². The van der Waals surface area contributed by atoms with Crippen molar-refractivity contribution in [2.75, 3.05) is 11.9 Å². The second kappa shape index (κ2) is 8.19. The van der Waals surface area contributed by atoms with Gasteiger partial charge in [0.15, 0.2) is 0 Å². The molecule has 0 bridgehead atoms. The molecule has 144 valence electrons. The zero-order valence-corrected chi connectivity index (χ0v) is 16.0. The average Bonchev–Trinajstić information content (AvgIpc) is 2.69. The lowest BCUT2D eigenvalue weighted by Gasteiger charge is -2.34. The first kappa shape index (κ1) is 19.5. The number of nitrogens with one attached hydrogen (secondary N) is 1. The monoisotopic (exact) mass is 390 g/mol. The van der Waals surface area contributed by atoms with Gasteiger partial charge in [-0.25, -0.2) is 12.8 Å². The number of para-hydroxylation sites is 1. The number of benzene rings is 2. The fraction of sp³-hybridized carbons (Fsp3) is 0.350. The summed E-state index contributed by atoms with van der Waals surface area (Å²) in [5, 5.41) is 2.48. The van der Waals surface area contributed by atoms with Crippen molar-refractivity contribution in [1.29, 1.82) is 0 Å². The van der Waals surface area contributed by atoms with Gasteiger partial charge >= 0.3 is 0 Å². The molecule has 5 nitrogen and oxygen atoms in total. The molecule has 2 aromatic carbocycles. The molecule has 1 heterocycles. The largest absolute Gasteiger partial charge is 0.319 e. The molecule has 0 aromatic heterocycles. The number of nitrogens with zero attached hydrogens (tertiary/aromatic N) is 1. The molecule has 1 saturated heterocycles. The molecule has 7 heteroatoms. The smallest absolute Gasteiger partial charge is 0.255 e. The van der Waals surface area contributed by atoms with E-state index in [1.165, 1.54) is 42.5 Å². The van der Waals surface area contributed by atoms with Crippen molar-refractivity contribution < 1.29 is 17.6 Å². The minimum atomic E-state index is -3.68. The maximum absolute atomic E-state index is 13.7. The van der Waals surface area contributed by atoms with Crippen molar-refractivity contribution >= 4 is 21.6 Å². The maximum atomic E-state index is 13.7. The summed E-state index contributed by atoms with van der Waals surface area (Å²) in [7, 11) is -3.68. The Morgan fingerprint density at radius 1 is 1.19 bits per heavy atom. The van der Waals surface area contributed by atoms with Crippen LogP contribution in [-0.2, 0) is 10.0 Å². The molecule has 1 N–H and O–H groups in total. The molecule has 1 unspecified atom stereocenters. The highest BCUT2D eigenvalue weighted by atomic mass is 32.2. The van der Waals surface area contributed by atoms with Gasteiger partial charge in [-0.1, -0.05) is 31.5 Å². The van der Waals surface area contributed by atoms with E-state index in [9.17, 15) is 17.6 Å². The van der Waals surface area contributed by atoms with Crippen molar-refractivity contribution in [3.05, 3.63) is 59.9 Å². The quantitative estimate of drug-likeness (QED) is 0.838. The predicted molar refractivity (Wildman–Crippen MR) is 103 cm³/mol. The van der Waals surface area contributed by atoms with E-state index in [4.69, 9.17) is 0 Å². The van der Waals surface area contributed by atoms with Gasteiger partial charge in [0.2, 0.25) is 10.0 Å². The van der Waals surface area contributed by atoms with Crippen LogP contribution in [-0.4, -0.2) is 31.2 Å². The Morgan fingerprint density at radius 3 is 2.70 bits per heavy atom. The molecule has 1 aliphatic heterocycles. The topological polar surface area (TPSA) is 66.5 Å². The molecule has 0 radical (unpaired) electrons. The highest BCUT2D eigenvalue weighted by Gasteiger charge is 2.32. The highest BCUT2D eigenvalue weighted by Crippen LogP contribution is 2.27. The van der Waals surface area contributed by atoms with Crippen LogP contribution in [0.1, 0.15) is 43.0 Å². The SMILES string of the molecule is CCC1CCCCN1S(=O)(=O)c1cccc(C(=O)Nc2ccccc2F)c1. The number of rotatable bonds is 5. The number of carbonyl (C=O) groups excluding carboxylic acids is 1. The van der Waals surface area contributed by atoms with Crippen LogP contribution in [0.15, 0.2) is 53.4 Å². The zero-order chi connectivity index (χ0) is 19.4. The van der Waals surface area contributed by atoms with Crippen molar-refractivity contribution in [3.63, 3.8) is 0 Å². The molecule has 1 fully saturated rings. The Balaban J connectivity index is 1.86. The number of piperidine rings is 1. The highest BCUT2D eigenvalue weighted by molar-refractivity contribution is 7.89. The van der Waals surface area contributed by atoms with Gasteiger partial charge in [0.1, 0.15) is 5.82 Å². The summed E-state index contributed by atoms with van der Waals surface area (Å²) in [5.41, 5.74) is 0.224. The molecule has 2 aromatic rings. The molecular formula is C20H23FN2O3S. The number of hydrogen-bond donors (Lipinski definition) is 1. The fourth-order valence-electron chi connectivity index (χ4n) is 3.39. The van der Waals surface area contributed by atoms with Gasteiger partial charge in [-0.15, -0.1) is 0 Å². The lowest BCUT2D eigenvalue weighted by atomic mass is 10.0. The molecule has 0 aliphatic carbocycles. The number of sulfonamides is 1. The van der Waals surface area contributed by atoms with Crippen LogP contribution in [0.25, 0.3) is 0 Å². The second-order valence-electron chi connectivity index (χ2n) is 6.64. The third kappa shape index (κ3) is 4.20. The van der Waals surface area contributed by atoms with Crippen LogP contribution < -0.4 is 5.32 Å². The predicted octanol–water partition coefficient (Wildman–Crippen LogP) is 4.03. The third-order valence-electron chi connectivity index (χ3n) is 4.87. The van der Waals surface area contributed by atoms with E-state index < -0.39 is 21.7 Å². The standard InChI is InChI=1S/C20H23FN2O3S/c1-2-16-9-5-6-13-23(16)27(25,26)17-10-7-8-15(14-17)20(24)22-19-12-4-3-11-18(19)21/h3-4,7-8,10-12,14,16H,2,5-6,9,13H2,1H3,(H,22,24). The molecule has 0 saturated carbocycles. The number of halogens is 1. The van der Waals surface area contributed by atoms with Gasteiger partial charge in [0, 0.05) is 18.2 Å². The molecule has 0 spiro atoms. The normalized spacial score (nSPS) is 18.2. The summed E-state index contributed by atoms with van der Waals surface area (Å²) in [4.78, 5) is 12.5. The fourth-order valence-corrected chi connectivity index (χ4v) is 5.20. The van der Waals surface area contributed by atoms with Crippen molar-refractivity contribution in [1.82, 2.24) is 4.31 Å². The van der Waals surface area contributed by atoms with Crippen molar-refractivity contribution in [2.24, 2.45) is 0 Å².